The van der Waals surface area contributed by atoms with Crippen LogP contribution in [0.4, 0.5) is 0 Å². The number of aryl methyl sites for hydroxylation is 1. The number of benzene rings is 2. The van der Waals surface area contributed by atoms with Gasteiger partial charge in [0.05, 0.1) is 5.02 Å². The SMILES string of the molecule is CC(CCc1ccccc1)NC(=O)c1ccc(Cl)c(Br)c1. The van der Waals surface area contributed by atoms with E-state index in [-0.39, 0.29) is 11.9 Å². The molecule has 2 rings (SSSR count). The van der Waals surface area contributed by atoms with Crippen molar-refractivity contribution < 1.29 is 4.79 Å². The normalized spacial score (nSPS) is 12.0. The van der Waals surface area contributed by atoms with E-state index in [4.69, 9.17) is 11.6 Å². The van der Waals surface area contributed by atoms with E-state index in [1.165, 1.54) is 5.56 Å². The Balaban J connectivity index is 1.88. The van der Waals surface area contributed by atoms with Gasteiger partial charge < -0.3 is 5.32 Å². The second kappa shape index (κ2) is 7.62. The minimum absolute atomic E-state index is 0.0760. The Bertz CT molecular complexity index is 615. The molecule has 0 heterocycles. The average molecular weight is 367 g/mol. The molecule has 2 aromatic carbocycles. The van der Waals surface area contributed by atoms with E-state index in [0.717, 1.165) is 17.3 Å². The molecule has 0 bridgehead atoms. The number of amides is 1. The summed E-state index contributed by atoms with van der Waals surface area (Å²) in [4.78, 5) is 12.2. The van der Waals surface area contributed by atoms with E-state index < -0.39 is 0 Å². The van der Waals surface area contributed by atoms with Gasteiger partial charge in [-0.1, -0.05) is 41.9 Å². The summed E-state index contributed by atoms with van der Waals surface area (Å²) in [6.07, 6.45) is 1.86. The molecule has 110 valence electrons. The highest BCUT2D eigenvalue weighted by Gasteiger charge is 2.11. The highest BCUT2D eigenvalue weighted by atomic mass is 79.9. The summed E-state index contributed by atoms with van der Waals surface area (Å²) in [5.41, 5.74) is 1.89. The Kier molecular flexibility index (Phi) is 5.83. The lowest BCUT2D eigenvalue weighted by atomic mass is 10.1. The zero-order valence-corrected chi connectivity index (χ0v) is 14.1. The third kappa shape index (κ3) is 4.87. The molecule has 0 aliphatic heterocycles. The monoisotopic (exact) mass is 365 g/mol. The topological polar surface area (TPSA) is 29.1 Å². The number of carbonyl (C=O) groups excluding carboxylic acids is 1. The zero-order chi connectivity index (χ0) is 15.2. The summed E-state index contributed by atoms with van der Waals surface area (Å²) in [6.45, 7) is 2.02. The van der Waals surface area contributed by atoms with Gasteiger partial charge in [-0.2, -0.15) is 0 Å². The minimum Gasteiger partial charge on any atom is -0.350 e. The number of halogens is 2. The van der Waals surface area contributed by atoms with E-state index in [9.17, 15) is 4.79 Å². The Morgan fingerprint density at radius 3 is 2.62 bits per heavy atom. The smallest absolute Gasteiger partial charge is 0.251 e. The molecule has 0 spiro atoms. The first-order valence-corrected chi connectivity index (χ1v) is 8.03. The number of hydrogen-bond donors (Lipinski definition) is 1. The van der Waals surface area contributed by atoms with Crippen molar-refractivity contribution in [3.8, 4) is 0 Å². The van der Waals surface area contributed by atoms with E-state index in [1.54, 1.807) is 18.2 Å². The van der Waals surface area contributed by atoms with E-state index in [0.29, 0.717) is 10.6 Å². The van der Waals surface area contributed by atoms with Crippen LogP contribution in [0, 0.1) is 0 Å². The van der Waals surface area contributed by atoms with Crippen LogP contribution in [-0.2, 0) is 6.42 Å². The fraction of sp³-hybridized carbons (Fsp3) is 0.235. The molecule has 0 saturated carbocycles. The summed E-state index contributed by atoms with van der Waals surface area (Å²) in [5.74, 6) is -0.0760. The van der Waals surface area contributed by atoms with Crippen molar-refractivity contribution in [3.63, 3.8) is 0 Å². The Morgan fingerprint density at radius 1 is 1.24 bits per heavy atom. The highest BCUT2D eigenvalue weighted by molar-refractivity contribution is 9.10. The van der Waals surface area contributed by atoms with E-state index in [1.807, 2.05) is 25.1 Å². The maximum Gasteiger partial charge on any atom is 0.251 e. The lowest BCUT2D eigenvalue weighted by molar-refractivity contribution is 0.0938. The van der Waals surface area contributed by atoms with Crippen molar-refractivity contribution in [1.29, 1.82) is 0 Å². The molecule has 0 aliphatic rings. The summed E-state index contributed by atoms with van der Waals surface area (Å²) in [5, 5.41) is 3.61. The first-order chi connectivity index (χ1) is 10.1. The number of hydrogen-bond acceptors (Lipinski definition) is 1. The summed E-state index contributed by atoms with van der Waals surface area (Å²) in [6, 6.07) is 15.6. The first kappa shape index (κ1) is 16.1. The maximum absolute atomic E-state index is 12.2. The van der Waals surface area contributed by atoms with E-state index >= 15 is 0 Å². The molecule has 21 heavy (non-hydrogen) atoms. The van der Waals surface area contributed by atoms with Crippen LogP contribution in [0.25, 0.3) is 0 Å². The van der Waals surface area contributed by atoms with E-state index in [2.05, 4.69) is 33.4 Å². The molecular weight excluding hydrogens is 350 g/mol. The fourth-order valence-electron chi connectivity index (χ4n) is 2.04. The Labute approximate surface area is 138 Å². The van der Waals surface area contributed by atoms with Gasteiger partial charge in [0.1, 0.15) is 0 Å². The summed E-state index contributed by atoms with van der Waals surface area (Å²) >= 11 is 9.26. The molecule has 1 unspecified atom stereocenters. The standard InChI is InChI=1S/C17H17BrClNO/c1-12(7-8-13-5-3-2-4-6-13)20-17(21)14-9-10-16(19)15(18)11-14/h2-6,9-12H,7-8H2,1H3,(H,20,21). The maximum atomic E-state index is 12.2. The van der Waals surface area contributed by atoms with Crippen LogP contribution in [-0.4, -0.2) is 11.9 Å². The van der Waals surface area contributed by atoms with Gasteiger partial charge in [0.15, 0.2) is 0 Å². The van der Waals surface area contributed by atoms with Crippen LogP contribution in [0.3, 0.4) is 0 Å². The van der Waals surface area contributed by atoms with Crippen molar-refractivity contribution in [2.75, 3.05) is 0 Å². The molecule has 0 fully saturated rings. The van der Waals surface area contributed by atoms with Crippen molar-refractivity contribution >= 4 is 33.4 Å². The summed E-state index contributed by atoms with van der Waals surface area (Å²) < 4.78 is 0.730. The molecule has 1 atom stereocenters. The first-order valence-electron chi connectivity index (χ1n) is 6.86. The van der Waals surface area contributed by atoms with Crippen molar-refractivity contribution in [2.45, 2.75) is 25.8 Å². The average Bonchev–Trinajstić information content (AvgIpc) is 2.49. The van der Waals surface area contributed by atoms with Gasteiger partial charge in [-0.05, 0) is 59.5 Å². The summed E-state index contributed by atoms with van der Waals surface area (Å²) in [7, 11) is 0. The quantitative estimate of drug-likeness (QED) is 0.805. The Morgan fingerprint density at radius 2 is 1.95 bits per heavy atom. The molecule has 1 amide bonds. The number of carbonyl (C=O) groups is 1. The third-order valence-electron chi connectivity index (χ3n) is 3.27. The molecule has 0 aromatic heterocycles. The van der Waals surface area contributed by atoms with Crippen molar-refractivity contribution in [2.24, 2.45) is 0 Å². The second-order valence-electron chi connectivity index (χ2n) is 5.03. The third-order valence-corrected chi connectivity index (χ3v) is 4.48. The molecule has 0 radical (unpaired) electrons. The van der Waals surface area contributed by atoms with Gasteiger partial charge in [-0.25, -0.2) is 0 Å². The molecular formula is C17H17BrClNO. The molecule has 1 N–H and O–H groups in total. The lowest BCUT2D eigenvalue weighted by Gasteiger charge is -2.14. The van der Waals surface area contributed by atoms with Crippen LogP contribution in [0.5, 0.6) is 0 Å². The molecule has 0 aliphatic carbocycles. The van der Waals surface area contributed by atoms with Crippen molar-refractivity contribution in [3.05, 3.63) is 69.2 Å². The fourth-order valence-corrected chi connectivity index (χ4v) is 2.54. The van der Waals surface area contributed by atoms with Crippen LogP contribution < -0.4 is 5.32 Å². The van der Waals surface area contributed by atoms with Gasteiger partial charge in [0, 0.05) is 16.1 Å². The van der Waals surface area contributed by atoms with Gasteiger partial charge >= 0.3 is 0 Å². The number of rotatable bonds is 5. The Hall–Kier alpha value is -1.32. The lowest BCUT2D eigenvalue weighted by Crippen LogP contribution is -2.32. The molecule has 2 nitrogen and oxygen atoms in total. The van der Waals surface area contributed by atoms with Crippen LogP contribution >= 0.6 is 27.5 Å². The second-order valence-corrected chi connectivity index (χ2v) is 6.29. The predicted octanol–water partition coefficient (Wildman–Crippen LogP) is 4.85. The molecule has 4 heteroatoms. The van der Waals surface area contributed by atoms with Gasteiger partial charge in [0.2, 0.25) is 0 Å². The van der Waals surface area contributed by atoms with Crippen LogP contribution in [0.15, 0.2) is 53.0 Å². The molecule has 2 aromatic rings. The molecule has 0 saturated heterocycles. The minimum atomic E-state index is -0.0760. The largest absolute Gasteiger partial charge is 0.350 e. The van der Waals surface area contributed by atoms with Gasteiger partial charge in [0.25, 0.3) is 5.91 Å². The zero-order valence-electron chi connectivity index (χ0n) is 11.8. The van der Waals surface area contributed by atoms with Gasteiger partial charge in [-0.3, -0.25) is 4.79 Å². The number of nitrogens with one attached hydrogen (secondary N) is 1. The van der Waals surface area contributed by atoms with Gasteiger partial charge in [-0.15, -0.1) is 0 Å². The van der Waals surface area contributed by atoms with Crippen LogP contribution in [0.2, 0.25) is 5.02 Å². The predicted molar refractivity (Wildman–Crippen MR) is 90.8 cm³/mol. The highest BCUT2D eigenvalue weighted by Crippen LogP contribution is 2.23. The van der Waals surface area contributed by atoms with Crippen molar-refractivity contribution in [1.82, 2.24) is 5.32 Å². The van der Waals surface area contributed by atoms with Crippen LogP contribution in [0.1, 0.15) is 29.3 Å².